The number of morpholine rings is 1. The van der Waals surface area contributed by atoms with Gasteiger partial charge in [0.15, 0.2) is 6.10 Å². The summed E-state index contributed by atoms with van der Waals surface area (Å²) in [5.74, 6) is -1.47. The second-order valence-corrected chi connectivity index (χ2v) is 4.19. The molecular weight excluding hydrogens is 238 g/mol. The van der Waals surface area contributed by atoms with Crippen LogP contribution in [0.1, 0.15) is 0 Å². The van der Waals surface area contributed by atoms with Gasteiger partial charge in [-0.25, -0.2) is 4.79 Å². The number of carbonyl (C=O) groups excluding carboxylic acids is 1. The predicted molar refractivity (Wildman–Crippen MR) is 60.0 cm³/mol. The lowest BCUT2D eigenvalue weighted by molar-refractivity contribution is -0.157. The minimum Gasteiger partial charge on any atom is -0.479 e. The number of fused-ring (bicyclic) bond motifs is 2. The molecule has 0 spiro atoms. The van der Waals surface area contributed by atoms with Crippen molar-refractivity contribution in [3.05, 3.63) is 30.3 Å². The third kappa shape index (κ3) is 1.66. The molecule has 3 rings (SSSR count). The van der Waals surface area contributed by atoms with E-state index in [9.17, 15) is 9.59 Å². The van der Waals surface area contributed by atoms with Crippen molar-refractivity contribution >= 4 is 17.6 Å². The second kappa shape index (κ2) is 4.08. The Balaban J connectivity index is 1.88. The quantitative estimate of drug-likeness (QED) is 0.811. The van der Waals surface area contributed by atoms with E-state index in [1.807, 2.05) is 18.2 Å². The van der Waals surface area contributed by atoms with Gasteiger partial charge < -0.3 is 19.5 Å². The van der Waals surface area contributed by atoms with E-state index in [4.69, 9.17) is 14.6 Å². The highest BCUT2D eigenvalue weighted by Crippen LogP contribution is 2.30. The summed E-state index contributed by atoms with van der Waals surface area (Å²) in [6.45, 7) is 0.191. The van der Waals surface area contributed by atoms with Gasteiger partial charge in [-0.3, -0.25) is 4.79 Å². The maximum absolute atomic E-state index is 12.0. The third-order valence-corrected chi connectivity index (χ3v) is 3.05. The second-order valence-electron chi connectivity index (χ2n) is 4.19. The van der Waals surface area contributed by atoms with E-state index in [0.717, 1.165) is 5.69 Å². The van der Waals surface area contributed by atoms with Crippen LogP contribution in [0.2, 0.25) is 0 Å². The predicted octanol–water partition coefficient (Wildman–Crippen LogP) is 0.228. The summed E-state index contributed by atoms with van der Waals surface area (Å²) in [6.07, 6.45) is -2.80. The van der Waals surface area contributed by atoms with E-state index in [1.54, 1.807) is 12.1 Å². The average Bonchev–Trinajstić information content (AvgIpc) is 2.74. The number of ether oxygens (including phenoxy) is 2. The first-order valence-corrected chi connectivity index (χ1v) is 5.57. The lowest BCUT2D eigenvalue weighted by Crippen LogP contribution is -2.49. The van der Waals surface area contributed by atoms with E-state index in [0.29, 0.717) is 0 Å². The summed E-state index contributed by atoms with van der Waals surface area (Å²) in [6, 6.07) is 9.06. The standard InChI is InChI=1S/C12H11NO5/c14-10-12-17-8(9(18-12)11(15)16)6-13(10)7-4-2-1-3-5-7/h1-5,8-9,12H,6H2,(H,15,16)/t8-,9+,12+/m0/s1. The SMILES string of the molecule is O=C(O)[C@@H]1O[C@H]2O[C@H]1CN(c1ccccc1)C2=O. The van der Waals surface area contributed by atoms with Crippen molar-refractivity contribution in [3.63, 3.8) is 0 Å². The lowest BCUT2D eigenvalue weighted by Gasteiger charge is -2.30. The number of hydrogen-bond acceptors (Lipinski definition) is 4. The van der Waals surface area contributed by atoms with Gasteiger partial charge in [0.05, 0.1) is 6.54 Å². The van der Waals surface area contributed by atoms with Crippen LogP contribution in [0.5, 0.6) is 0 Å². The van der Waals surface area contributed by atoms with Crippen molar-refractivity contribution in [1.29, 1.82) is 0 Å². The fourth-order valence-corrected chi connectivity index (χ4v) is 2.19. The number of benzene rings is 1. The molecule has 2 saturated heterocycles. The molecule has 18 heavy (non-hydrogen) atoms. The highest BCUT2D eigenvalue weighted by atomic mass is 16.7. The molecule has 0 radical (unpaired) electrons. The van der Waals surface area contributed by atoms with E-state index in [-0.39, 0.29) is 12.5 Å². The van der Waals surface area contributed by atoms with Crippen LogP contribution in [-0.2, 0) is 19.1 Å². The van der Waals surface area contributed by atoms with Gasteiger partial charge in [0.25, 0.3) is 5.91 Å². The van der Waals surface area contributed by atoms with Crippen LogP contribution in [0.3, 0.4) is 0 Å². The summed E-state index contributed by atoms with van der Waals surface area (Å²) < 4.78 is 10.3. The van der Waals surface area contributed by atoms with Crippen molar-refractivity contribution in [3.8, 4) is 0 Å². The number of aliphatic carboxylic acids is 1. The van der Waals surface area contributed by atoms with Crippen LogP contribution >= 0.6 is 0 Å². The van der Waals surface area contributed by atoms with Crippen molar-refractivity contribution in [2.75, 3.05) is 11.4 Å². The largest absolute Gasteiger partial charge is 0.479 e. The molecule has 0 saturated carbocycles. The topological polar surface area (TPSA) is 76.1 Å². The number of carboxylic acid groups (broad SMARTS) is 1. The Morgan fingerprint density at radius 2 is 2.00 bits per heavy atom. The summed E-state index contributed by atoms with van der Waals surface area (Å²) in [5, 5.41) is 8.97. The molecule has 2 aliphatic heterocycles. The zero-order valence-electron chi connectivity index (χ0n) is 9.35. The van der Waals surface area contributed by atoms with Gasteiger partial charge in [0.1, 0.15) is 6.10 Å². The molecule has 0 aromatic heterocycles. The molecule has 2 heterocycles. The minimum atomic E-state index is -1.11. The van der Waals surface area contributed by atoms with E-state index in [1.165, 1.54) is 4.90 Å². The first kappa shape index (κ1) is 11.2. The summed E-state index contributed by atoms with van der Waals surface area (Å²) in [7, 11) is 0. The monoisotopic (exact) mass is 249 g/mol. The maximum Gasteiger partial charge on any atom is 0.335 e. The molecule has 3 atom stereocenters. The smallest absolute Gasteiger partial charge is 0.335 e. The molecule has 2 bridgehead atoms. The van der Waals surface area contributed by atoms with Crippen molar-refractivity contribution < 1.29 is 24.2 Å². The first-order chi connectivity index (χ1) is 8.66. The van der Waals surface area contributed by atoms with Gasteiger partial charge in [-0.1, -0.05) is 18.2 Å². The number of nitrogens with zero attached hydrogens (tertiary/aromatic N) is 1. The fraction of sp³-hybridized carbons (Fsp3) is 0.333. The number of rotatable bonds is 2. The zero-order valence-corrected chi connectivity index (χ0v) is 9.35. The number of carboxylic acids is 1. The lowest BCUT2D eigenvalue weighted by atomic mass is 10.1. The van der Waals surface area contributed by atoms with Gasteiger partial charge >= 0.3 is 5.97 Å². The summed E-state index contributed by atoms with van der Waals surface area (Å²) in [4.78, 5) is 24.5. The van der Waals surface area contributed by atoms with Gasteiger partial charge in [0.2, 0.25) is 6.29 Å². The molecule has 0 unspecified atom stereocenters. The molecule has 1 aromatic carbocycles. The number of amides is 1. The van der Waals surface area contributed by atoms with Gasteiger partial charge in [0, 0.05) is 5.69 Å². The van der Waals surface area contributed by atoms with Gasteiger partial charge in [-0.05, 0) is 12.1 Å². The fourth-order valence-electron chi connectivity index (χ4n) is 2.19. The Kier molecular flexibility index (Phi) is 2.53. The molecule has 94 valence electrons. The first-order valence-electron chi connectivity index (χ1n) is 5.57. The van der Waals surface area contributed by atoms with E-state index in [2.05, 4.69) is 0 Å². The normalized spacial score (nSPS) is 30.6. The van der Waals surface area contributed by atoms with Crippen LogP contribution in [-0.4, -0.2) is 42.0 Å². The molecule has 2 fully saturated rings. The maximum atomic E-state index is 12.0. The molecule has 1 amide bonds. The Morgan fingerprint density at radius 3 is 2.67 bits per heavy atom. The van der Waals surface area contributed by atoms with Gasteiger partial charge in [-0.2, -0.15) is 0 Å². The highest BCUT2D eigenvalue weighted by molar-refractivity contribution is 5.97. The van der Waals surface area contributed by atoms with Gasteiger partial charge in [-0.15, -0.1) is 0 Å². The Labute approximate surface area is 103 Å². The highest BCUT2D eigenvalue weighted by Gasteiger charge is 2.50. The Morgan fingerprint density at radius 1 is 1.28 bits per heavy atom. The number of para-hydroxylation sites is 1. The van der Waals surface area contributed by atoms with Crippen LogP contribution in [0.25, 0.3) is 0 Å². The van der Waals surface area contributed by atoms with Crippen molar-refractivity contribution in [2.24, 2.45) is 0 Å². The third-order valence-electron chi connectivity index (χ3n) is 3.05. The number of carbonyl (C=O) groups is 2. The molecule has 1 aromatic rings. The van der Waals surface area contributed by atoms with E-state index < -0.39 is 24.5 Å². The van der Waals surface area contributed by atoms with Crippen LogP contribution in [0, 0.1) is 0 Å². The van der Waals surface area contributed by atoms with E-state index >= 15 is 0 Å². The summed E-state index contributed by atoms with van der Waals surface area (Å²) >= 11 is 0. The van der Waals surface area contributed by atoms with Crippen LogP contribution in [0.4, 0.5) is 5.69 Å². The minimum absolute atomic E-state index is 0.191. The van der Waals surface area contributed by atoms with Crippen molar-refractivity contribution in [1.82, 2.24) is 0 Å². The zero-order chi connectivity index (χ0) is 12.7. The molecule has 6 heteroatoms. The molecule has 6 nitrogen and oxygen atoms in total. The number of anilines is 1. The number of hydrogen-bond donors (Lipinski definition) is 1. The Hall–Kier alpha value is -1.92. The van der Waals surface area contributed by atoms with Crippen molar-refractivity contribution in [2.45, 2.75) is 18.5 Å². The molecule has 2 aliphatic rings. The Bertz CT molecular complexity index is 489. The van der Waals surface area contributed by atoms with Crippen LogP contribution < -0.4 is 4.90 Å². The van der Waals surface area contributed by atoms with Crippen LogP contribution in [0.15, 0.2) is 30.3 Å². The molecular formula is C12H11NO5. The average molecular weight is 249 g/mol. The molecule has 0 aliphatic carbocycles. The summed E-state index contributed by atoms with van der Waals surface area (Å²) in [5.41, 5.74) is 0.718. The molecule has 1 N–H and O–H groups in total.